The van der Waals surface area contributed by atoms with E-state index in [0.717, 1.165) is 17.1 Å². The van der Waals surface area contributed by atoms with Crippen molar-refractivity contribution in [2.75, 3.05) is 44.8 Å². The molecule has 3 N–H and O–H groups in total. The summed E-state index contributed by atoms with van der Waals surface area (Å²) in [6.45, 7) is 3.46. The second-order valence-electron chi connectivity index (χ2n) is 15.3. The van der Waals surface area contributed by atoms with Crippen molar-refractivity contribution in [3.05, 3.63) is 62.4 Å². The van der Waals surface area contributed by atoms with E-state index in [2.05, 4.69) is 20.6 Å². The Labute approximate surface area is 326 Å². The third-order valence-electron chi connectivity index (χ3n) is 11.4. The standard InChI is InChI=1S/C39H48F2N8O8/c1-39(55)14-4-9-29(39)49-34-24(20-26(33(40)41)36(49)53)21-42-37(45-34)43-25-12-15-47(16-13-25)31(51)22-57-19-18-56-17-5-7-23-6-3-8-27-32(23)46(2)38(54)48(27)28-10-11-30(50)44-35(28)52/h3,6,8,20-21,25,28-29,33,55H,4-5,7,9-19,22H2,1-2H3,(H,42,43,45)(H,44,50,52)/t28?,29-,39-/m1/s1. The van der Waals surface area contributed by atoms with Crippen LogP contribution >= 0.6 is 0 Å². The molecule has 1 unspecified atom stereocenters. The average Bonchev–Trinajstić information content (AvgIpc) is 3.66. The van der Waals surface area contributed by atoms with Gasteiger partial charge in [-0.2, -0.15) is 4.98 Å². The predicted octanol–water partition coefficient (Wildman–Crippen LogP) is 2.91. The number of rotatable bonds is 14. The van der Waals surface area contributed by atoms with E-state index in [1.54, 1.807) is 23.4 Å². The SMILES string of the molecule is Cn1c(=O)n(C2CCC(=O)NC2=O)c2cccc(CCCOCCOCC(=O)N3CCC(Nc4ncc5cc(C(F)F)c(=O)n([C@@H]6CCC[C@@]6(C)O)c5n4)CC3)c21. The van der Waals surface area contributed by atoms with Crippen molar-refractivity contribution < 1.29 is 37.7 Å². The minimum Gasteiger partial charge on any atom is -0.388 e. The van der Waals surface area contributed by atoms with Gasteiger partial charge in [-0.15, -0.1) is 0 Å². The molecular formula is C39H48F2N8O8. The molecule has 3 fully saturated rings. The van der Waals surface area contributed by atoms with Crippen LogP contribution in [0.3, 0.4) is 0 Å². The highest BCUT2D eigenvalue weighted by atomic mass is 19.3. The van der Waals surface area contributed by atoms with E-state index in [4.69, 9.17) is 9.47 Å². The zero-order valence-electron chi connectivity index (χ0n) is 32.0. The number of para-hydroxylation sites is 1. The molecule has 5 heterocycles. The Bertz CT molecular complexity index is 2280. The number of nitrogens with zero attached hydrogens (tertiary/aromatic N) is 6. The number of hydrogen-bond donors (Lipinski definition) is 3. The molecule has 0 bridgehead atoms. The van der Waals surface area contributed by atoms with Gasteiger partial charge in [0, 0.05) is 50.8 Å². The Hall–Kier alpha value is -5.07. The first-order valence-electron chi connectivity index (χ1n) is 19.5. The molecule has 7 rings (SSSR count). The van der Waals surface area contributed by atoms with Crippen LogP contribution in [-0.4, -0.2) is 103 Å². The number of ether oxygens (including phenoxy) is 2. The summed E-state index contributed by atoms with van der Waals surface area (Å²) in [4.78, 5) is 74.0. The lowest BCUT2D eigenvalue weighted by Gasteiger charge is -2.32. The Morgan fingerprint density at radius 3 is 2.56 bits per heavy atom. The zero-order chi connectivity index (χ0) is 40.4. The number of aromatic nitrogens is 5. The molecular weight excluding hydrogens is 746 g/mol. The van der Waals surface area contributed by atoms with E-state index in [0.29, 0.717) is 76.8 Å². The zero-order valence-corrected chi connectivity index (χ0v) is 32.0. The molecule has 1 aliphatic carbocycles. The quantitative estimate of drug-likeness (QED) is 0.126. The van der Waals surface area contributed by atoms with Crippen LogP contribution in [0, 0.1) is 0 Å². The van der Waals surface area contributed by atoms with Crippen LogP contribution in [0.25, 0.3) is 22.1 Å². The van der Waals surface area contributed by atoms with Crippen LogP contribution in [0.5, 0.6) is 0 Å². The van der Waals surface area contributed by atoms with E-state index in [1.807, 2.05) is 18.2 Å². The molecule has 3 amide bonds. The van der Waals surface area contributed by atoms with Crippen molar-refractivity contribution in [1.29, 1.82) is 0 Å². The summed E-state index contributed by atoms with van der Waals surface area (Å²) in [6, 6.07) is 5.21. The molecule has 2 saturated heterocycles. The fourth-order valence-electron chi connectivity index (χ4n) is 8.44. The number of alkyl halides is 2. The summed E-state index contributed by atoms with van der Waals surface area (Å²) in [6.07, 6.45) is 2.94. The maximum absolute atomic E-state index is 13.8. The van der Waals surface area contributed by atoms with Crippen LogP contribution in [-0.2, 0) is 37.3 Å². The number of anilines is 1. The van der Waals surface area contributed by atoms with Gasteiger partial charge in [0.25, 0.3) is 12.0 Å². The molecule has 3 aliphatic rings. The minimum atomic E-state index is -2.98. The molecule has 2 aliphatic heterocycles. The van der Waals surface area contributed by atoms with Crippen molar-refractivity contribution in [3.63, 3.8) is 0 Å². The molecule has 16 nitrogen and oxygen atoms in total. The largest absolute Gasteiger partial charge is 0.388 e. The summed E-state index contributed by atoms with van der Waals surface area (Å²) in [5.41, 5.74) is -0.556. The molecule has 306 valence electrons. The second-order valence-corrected chi connectivity index (χ2v) is 15.3. The third kappa shape index (κ3) is 8.34. The number of amides is 3. The molecule has 1 aromatic carbocycles. The van der Waals surface area contributed by atoms with Gasteiger partial charge in [-0.3, -0.25) is 38.2 Å². The number of halogens is 2. The number of nitrogens with one attached hydrogen (secondary N) is 2. The lowest BCUT2D eigenvalue weighted by molar-refractivity contribution is -0.138. The Morgan fingerprint density at radius 2 is 1.84 bits per heavy atom. The van der Waals surface area contributed by atoms with E-state index < -0.39 is 41.1 Å². The van der Waals surface area contributed by atoms with Gasteiger partial charge in [-0.25, -0.2) is 18.6 Å². The van der Waals surface area contributed by atoms with Crippen molar-refractivity contribution in [2.24, 2.45) is 7.05 Å². The van der Waals surface area contributed by atoms with Gasteiger partial charge in [0.15, 0.2) is 0 Å². The van der Waals surface area contributed by atoms with Crippen molar-refractivity contribution in [3.8, 4) is 0 Å². The number of piperidine rings is 2. The van der Waals surface area contributed by atoms with Gasteiger partial charge in [-0.1, -0.05) is 12.1 Å². The topological polar surface area (TPSA) is 192 Å². The molecule has 18 heteroatoms. The second kappa shape index (κ2) is 16.8. The molecule has 4 aromatic rings. The fraction of sp³-hybridized carbons (Fsp3) is 0.564. The lowest BCUT2D eigenvalue weighted by Crippen LogP contribution is -2.44. The maximum Gasteiger partial charge on any atom is 0.329 e. The number of carbonyl (C=O) groups is 3. The number of aliphatic hydroxyl groups is 1. The monoisotopic (exact) mass is 794 g/mol. The summed E-state index contributed by atoms with van der Waals surface area (Å²) < 4.78 is 43.2. The fourth-order valence-corrected chi connectivity index (χ4v) is 8.44. The van der Waals surface area contributed by atoms with E-state index in [9.17, 15) is 37.9 Å². The number of pyridine rings is 1. The highest BCUT2D eigenvalue weighted by Gasteiger charge is 2.40. The molecule has 1 saturated carbocycles. The van der Waals surface area contributed by atoms with Gasteiger partial charge in [0.1, 0.15) is 18.3 Å². The van der Waals surface area contributed by atoms with Gasteiger partial charge < -0.3 is 24.8 Å². The molecule has 3 atom stereocenters. The maximum atomic E-state index is 13.8. The number of imidazole rings is 1. The Balaban J connectivity index is 0.844. The summed E-state index contributed by atoms with van der Waals surface area (Å²) in [7, 11) is 1.67. The third-order valence-corrected chi connectivity index (χ3v) is 11.4. The molecule has 0 radical (unpaired) electrons. The number of likely N-dealkylation sites (tertiary alicyclic amines) is 1. The Morgan fingerprint density at radius 1 is 1.07 bits per heavy atom. The number of imide groups is 1. The molecule has 57 heavy (non-hydrogen) atoms. The van der Waals surface area contributed by atoms with Gasteiger partial charge in [-0.05, 0) is 76.0 Å². The van der Waals surface area contributed by atoms with Crippen LogP contribution in [0.15, 0.2) is 40.1 Å². The number of carbonyl (C=O) groups excluding carboxylic acids is 3. The van der Waals surface area contributed by atoms with Gasteiger partial charge in [0.2, 0.25) is 23.7 Å². The van der Waals surface area contributed by atoms with Gasteiger partial charge >= 0.3 is 5.69 Å². The van der Waals surface area contributed by atoms with E-state index >= 15 is 0 Å². The highest BCUT2D eigenvalue weighted by Crippen LogP contribution is 2.40. The first-order valence-corrected chi connectivity index (χ1v) is 19.5. The molecule has 0 spiro atoms. The summed E-state index contributed by atoms with van der Waals surface area (Å²) in [5, 5.41) is 16.9. The van der Waals surface area contributed by atoms with Crippen LogP contribution in [0.2, 0.25) is 0 Å². The first kappa shape index (κ1) is 40.1. The van der Waals surface area contributed by atoms with E-state index in [1.165, 1.54) is 15.3 Å². The van der Waals surface area contributed by atoms with Gasteiger partial charge in [0.05, 0.1) is 41.5 Å². The number of benzene rings is 1. The number of aryl methyl sites for hydroxylation is 2. The number of hydrogen-bond acceptors (Lipinski definition) is 11. The lowest BCUT2D eigenvalue weighted by atomic mass is 9.99. The molecule has 3 aromatic heterocycles. The normalized spacial score (nSPS) is 21.9. The van der Waals surface area contributed by atoms with E-state index in [-0.39, 0.29) is 66.6 Å². The predicted molar refractivity (Wildman–Crippen MR) is 204 cm³/mol. The smallest absolute Gasteiger partial charge is 0.329 e. The number of fused-ring (bicyclic) bond motifs is 2. The highest BCUT2D eigenvalue weighted by molar-refractivity contribution is 6.00. The Kier molecular flexibility index (Phi) is 11.8. The average molecular weight is 795 g/mol. The van der Waals surface area contributed by atoms with Crippen LogP contribution < -0.4 is 21.9 Å². The first-order chi connectivity index (χ1) is 27.3. The van der Waals surface area contributed by atoms with Crippen LogP contribution in [0.4, 0.5) is 14.7 Å². The van der Waals surface area contributed by atoms with Crippen molar-refractivity contribution in [2.45, 2.75) is 94.9 Å². The minimum absolute atomic E-state index is 0.0713. The summed E-state index contributed by atoms with van der Waals surface area (Å²) >= 11 is 0. The van der Waals surface area contributed by atoms with Crippen molar-refractivity contribution >= 4 is 45.7 Å². The summed E-state index contributed by atoms with van der Waals surface area (Å²) in [5.74, 6) is -0.715. The van der Waals surface area contributed by atoms with Crippen LogP contribution in [0.1, 0.15) is 87.9 Å². The van der Waals surface area contributed by atoms with Crippen molar-refractivity contribution in [1.82, 2.24) is 33.9 Å².